The van der Waals surface area contributed by atoms with Crippen LogP contribution in [0.1, 0.15) is 10.4 Å². The van der Waals surface area contributed by atoms with Crippen LogP contribution in [0.2, 0.25) is 0 Å². The second kappa shape index (κ2) is 7.04. The predicted molar refractivity (Wildman–Crippen MR) is 87.7 cm³/mol. The van der Waals surface area contributed by atoms with Crippen molar-refractivity contribution in [3.8, 4) is 0 Å². The van der Waals surface area contributed by atoms with E-state index in [1.807, 2.05) is 0 Å². The minimum Gasteiger partial charge on any atom is -0.456 e. The lowest BCUT2D eigenvalue weighted by molar-refractivity contribution is -0.143. The molecule has 0 saturated heterocycles. The Balaban J connectivity index is 1.68. The number of benzene rings is 2. The molecular weight excluding hydrogens is 327 g/mol. The van der Waals surface area contributed by atoms with Gasteiger partial charge in [0.1, 0.15) is 12.4 Å². The highest BCUT2D eigenvalue weighted by Crippen LogP contribution is 2.08. The summed E-state index contributed by atoms with van der Waals surface area (Å²) in [6.07, 6.45) is 1.12. The van der Waals surface area contributed by atoms with Gasteiger partial charge in [-0.25, -0.2) is 4.39 Å². The summed E-state index contributed by atoms with van der Waals surface area (Å²) in [5.41, 5.74) is 0.365. The number of esters is 1. The number of rotatable bonds is 5. The fourth-order valence-corrected chi connectivity index (χ4v) is 2.35. The lowest BCUT2D eigenvalue weighted by atomic mass is 10.1. The van der Waals surface area contributed by atoms with Crippen LogP contribution in [0.4, 0.5) is 4.39 Å². The van der Waals surface area contributed by atoms with Gasteiger partial charge in [-0.15, -0.1) is 0 Å². The molecular formula is C18H13FN2O4. The van der Waals surface area contributed by atoms with Gasteiger partial charge in [0.25, 0.3) is 0 Å². The van der Waals surface area contributed by atoms with Crippen molar-refractivity contribution in [2.24, 2.45) is 0 Å². The minimum atomic E-state index is -0.689. The summed E-state index contributed by atoms with van der Waals surface area (Å²) >= 11 is 0. The average molecular weight is 340 g/mol. The highest BCUT2D eigenvalue weighted by molar-refractivity contribution is 5.97. The van der Waals surface area contributed by atoms with Gasteiger partial charge in [0.15, 0.2) is 12.4 Å². The zero-order valence-electron chi connectivity index (χ0n) is 13.0. The second-order valence-electron chi connectivity index (χ2n) is 5.28. The van der Waals surface area contributed by atoms with E-state index in [1.54, 1.807) is 24.3 Å². The molecule has 0 N–H and O–H groups in total. The van der Waals surface area contributed by atoms with Crippen LogP contribution < -0.4 is 5.43 Å². The zero-order valence-corrected chi connectivity index (χ0v) is 13.0. The molecule has 0 spiro atoms. The number of halogens is 1. The predicted octanol–water partition coefficient (Wildman–Crippen LogP) is 1.96. The van der Waals surface area contributed by atoms with Gasteiger partial charge in [0.05, 0.1) is 11.7 Å². The molecule has 25 heavy (non-hydrogen) atoms. The first-order chi connectivity index (χ1) is 12.0. The van der Waals surface area contributed by atoms with E-state index in [2.05, 4.69) is 5.10 Å². The summed E-state index contributed by atoms with van der Waals surface area (Å²) in [6.45, 7) is -0.752. The third kappa shape index (κ3) is 3.77. The largest absolute Gasteiger partial charge is 0.456 e. The molecule has 0 atom stereocenters. The number of para-hydroxylation sites is 1. The Bertz CT molecular complexity index is 1010. The van der Waals surface area contributed by atoms with E-state index >= 15 is 0 Å². The minimum absolute atomic E-state index is 0.125. The molecule has 0 aliphatic carbocycles. The summed E-state index contributed by atoms with van der Waals surface area (Å²) < 4.78 is 19.4. The molecule has 0 fully saturated rings. The van der Waals surface area contributed by atoms with Crippen LogP contribution in [0.3, 0.4) is 0 Å². The summed E-state index contributed by atoms with van der Waals surface area (Å²) in [4.78, 5) is 35.6. The van der Waals surface area contributed by atoms with E-state index in [0.717, 1.165) is 12.3 Å². The van der Waals surface area contributed by atoms with Crippen molar-refractivity contribution in [1.29, 1.82) is 0 Å². The average Bonchev–Trinajstić information content (AvgIpc) is 2.62. The molecule has 3 aromatic rings. The van der Waals surface area contributed by atoms with Crippen LogP contribution in [-0.2, 0) is 16.1 Å². The third-order valence-corrected chi connectivity index (χ3v) is 3.55. The van der Waals surface area contributed by atoms with E-state index in [1.165, 1.54) is 22.9 Å². The zero-order chi connectivity index (χ0) is 17.8. The standard InChI is InChI=1S/C18H13FN2O4/c19-13-5-3-4-12(8-13)17(23)11-25-18(24)10-21-15-7-2-1-6-14(15)16(22)9-20-21/h1-9H,10-11H2. The maximum Gasteiger partial charge on any atom is 0.328 e. The molecule has 7 heteroatoms. The Kier molecular flexibility index (Phi) is 4.65. The van der Waals surface area contributed by atoms with Crippen LogP contribution in [0.15, 0.2) is 59.5 Å². The van der Waals surface area contributed by atoms with Crippen LogP contribution in [0.25, 0.3) is 10.9 Å². The van der Waals surface area contributed by atoms with Gasteiger partial charge in [-0.05, 0) is 24.3 Å². The SMILES string of the molecule is O=C(Cn1ncc(=O)c2ccccc21)OCC(=O)c1cccc(F)c1. The van der Waals surface area contributed by atoms with Crippen LogP contribution >= 0.6 is 0 Å². The first kappa shape index (κ1) is 16.5. The Morgan fingerprint density at radius 3 is 2.72 bits per heavy atom. The topological polar surface area (TPSA) is 78.3 Å². The van der Waals surface area contributed by atoms with Crippen molar-refractivity contribution in [3.63, 3.8) is 0 Å². The van der Waals surface area contributed by atoms with Crippen molar-refractivity contribution in [3.05, 3.63) is 76.3 Å². The Morgan fingerprint density at radius 1 is 1.12 bits per heavy atom. The van der Waals surface area contributed by atoms with Crippen molar-refractivity contribution in [2.45, 2.75) is 6.54 Å². The van der Waals surface area contributed by atoms with E-state index in [9.17, 15) is 18.8 Å². The molecule has 126 valence electrons. The number of Topliss-reactive ketones (excluding diaryl/α,β-unsaturated/α-hetero) is 1. The van der Waals surface area contributed by atoms with Crippen LogP contribution in [0, 0.1) is 5.82 Å². The number of nitrogens with zero attached hydrogens (tertiary/aromatic N) is 2. The van der Waals surface area contributed by atoms with Gasteiger partial charge in [0, 0.05) is 10.9 Å². The van der Waals surface area contributed by atoms with Gasteiger partial charge >= 0.3 is 5.97 Å². The first-order valence-electron chi connectivity index (χ1n) is 7.44. The molecule has 3 rings (SSSR count). The van der Waals surface area contributed by atoms with Gasteiger partial charge in [0.2, 0.25) is 5.43 Å². The van der Waals surface area contributed by atoms with E-state index in [0.29, 0.717) is 10.9 Å². The molecule has 0 unspecified atom stereocenters. The second-order valence-corrected chi connectivity index (χ2v) is 5.28. The quantitative estimate of drug-likeness (QED) is 0.524. The molecule has 2 aromatic carbocycles. The molecule has 1 heterocycles. The number of carbonyl (C=O) groups is 2. The fraction of sp³-hybridized carbons (Fsp3) is 0.111. The van der Waals surface area contributed by atoms with E-state index in [-0.39, 0.29) is 17.5 Å². The Morgan fingerprint density at radius 2 is 1.92 bits per heavy atom. The Hall–Kier alpha value is -3.35. The van der Waals surface area contributed by atoms with Gasteiger partial charge in [-0.3, -0.25) is 19.1 Å². The van der Waals surface area contributed by atoms with Crippen LogP contribution in [-0.4, -0.2) is 28.1 Å². The van der Waals surface area contributed by atoms with Gasteiger partial charge in [-0.2, -0.15) is 5.10 Å². The molecule has 0 radical (unpaired) electrons. The van der Waals surface area contributed by atoms with E-state index < -0.39 is 24.2 Å². The lowest BCUT2D eigenvalue weighted by Gasteiger charge is -2.09. The molecule has 1 aromatic heterocycles. The first-order valence-corrected chi connectivity index (χ1v) is 7.44. The number of aromatic nitrogens is 2. The number of hydrogen-bond acceptors (Lipinski definition) is 5. The van der Waals surface area contributed by atoms with Crippen molar-refractivity contribution in [2.75, 3.05) is 6.61 Å². The molecule has 0 aliphatic rings. The summed E-state index contributed by atoms with van der Waals surface area (Å²) in [6, 6.07) is 11.9. The van der Waals surface area contributed by atoms with Gasteiger partial charge < -0.3 is 4.74 Å². The Labute approximate surface area is 141 Å². The summed E-state index contributed by atoms with van der Waals surface area (Å²) in [5.74, 6) is -1.74. The smallest absolute Gasteiger partial charge is 0.328 e. The number of carbonyl (C=O) groups excluding carboxylic acids is 2. The molecule has 0 aliphatic heterocycles. The van der Waals surface area contributed by atoms with Crippen molar-refractivity contribution in [1.82, 2.24) is 9.78 Å². The van der Waals surface area contributed by atoms with Crippen molar-refractivity contribution < 1.29 is 18.7 Å². The normalized spacial score (nSPS) is 10.6. The highest BCUT2D eigenvalue weighted by atomic mass is 19.1. The molecule has 6 nitrogen and oxygen atoms in total. The maximum atomic E-state index is 13.1. The van der Waals surface area contributed by atoms with Gasteiger partial charge in [-0.1, -0.05) is 24.3 Å². The summed E-state index contributed by atoms with van der Waals surface area (Å²) in [7, 11) is 0. The third-order valence-electron chi connectivity index (χ3n) is 3.55. The van der Waals surface area contributed by atoms with E-state index in [4.69, 9.17) is 4.74 Å². The number of ketones is 1. The number of ether oxygens (including phenoxy) is 1. The monoisotopic (exact) mass is 340 g/mol. The summed E-state index contributed by atoms with van der Waals surface area (Å²) in [5, 5.41) is 4.34. The van der Waals surface area contributed by atoms with Crippen molar-refractivity contribution >= 4 is 22.7 Å². The lowest BCUT2D eigenvalue weighted by Crippen LogP contribution is -2.21. The fourth-order valence-electron chi connectivity index (χ4n) is 2.35. The maximum absolute atomic E-state index is 13.1. The molecule has 0 bridgehead atoms. The molecule has 0 amide bonds. The highest BCUT2D eigenvalue weighted by Gasteiger charge is 2.13. The molecule has 0 saturated carbocycles. The van der Waals surface area contributed by atoms with Crippen LogP contribution in [0.5, 0.6) is 0 Å². The number of hydrogen-bond donors (Lipinski definition) is 0. The number of fused-ring (bicyclic) bond motifs is 1.